The number of nitrogens with zero attached hydrogens (tertiary/aromatic N) is 1. The quantitative estimate of drug-likeness (QED) is 0.741. The minimum atomic E-state index is 0.214. The first kappa shape index (κ1) is 8.94. The lowest BCUT2D eigenvalue weighted by Crippen LogP contribution is -2.34. The third-order valence-electron chi connectivity index (χ3n) is 2.03. The van der Waals surface area contributed by atoms with E-state index in [-0.39, 0.29) is 6.04 Å². The Morgan fingerprint density at radius 2 is 2.46 bits per heavy atom. The molecule has 3 nitrogen and oxygen atoms in total. The molecule has 0 bridgehead atoms. The van der Waals surface area contributed by atoms with Gasteiger partial charge >= 0.3 is 0 Å². The predicted octanol–water partition coefficient (Wildman–Crippen LogP) is 1.40. The molecule has 0 amide bonds. The summed E-state index contributed by atoms with van der Waals surface area (Å²) in [5, 5.41) is 3.99. The fourth-order valence-corrected chi connectivity index (χ4v) is 1.46. The van der Waals surface area contributed by atoms with E-state index in [0.29, 0.717) is 11.6 Å². The Morgan fingerprint density at radius 1 is 1.54 bits per heavy atom. The highest BCUT2D eigenvalue weighted by Gasteiger charge is 2.15. The molecule has 1 N–H and O–H groups in total. The van der Waals surface area contributed by atoms with Crippen molar-refractivity contribution in [1.82, 2.24) is 10.3 Å². The van der Waals surface area contributed by atoms with E-state index >= 15 is 0 Å². The monoisotopic (exact) mass is 198 g/mol. The van der Waals surface area contributed by atoms with Gasteiger partial charge in [0.1, 0.15) is 0 Å². The van der Waals surface area contributed by atoms with E-state index in [1.54, 1.807) is 6.20 Å². The van der Waals surface area contributed by atoms with Crippen molar-refractivity contribution in [2.75, 3.05) is 19.8 Å². The van der Waals surface area contributed by atoms with E-state index in [2.05, 4.69) is 10.3 Å². The van der Waals surface area contributed by atoms with Crippen LogP contribution in [0.2, 0.25) is 5.02 Å². The molecule has 70 valence electrons. The van der Waals surface area contributed by atoms with Crippen molar-refractivity contribution >= 4 is 11.6 Å². The molecule has 0 aliphatic carbocycles. The van der Waals surface area contributed by atoms with Crippen LogP contribution in [0.15, 0.2) is 18.3 Å². The molecule has 1 unspecified atom stereocenters. The van der Waals surface area contributed by atoms with Crippen LogP contribution >= 0.6 is 11.6 Å². The Bertz CT molecular complexity index is 269. The summed E-state index contributed by atoms with van der Waals surface area (Å²) in [6.45, 7) is 2.35. The van der Waals surface area contributed by atoms with Crippen LogP contribution in [0.3, 0.4) is 0 Å². The zero-order valence-corrected chi connectivity index (χ0v) is 7.92. The molecular weight excluding hydrogens is 188 g/mol. The average molecular weight is 199 g/mol. The van der Waals surface area contributed by atoms with Crippen LogP contribution in [0.4, 0.5) is 0 Å². The Kier molecular flexibility index (Phi) is 2.78. The molecule has 2 heterocycles. The first-order chi connectivity index (χ1) is 6.36. The van der Waals surface area contributed by atoms with E-state index in [9.17, 15) is 0 Å². The molecule has 1 aliphatic rings. The van der Waals surface area contributed by atoms with Crippen molar-refractivity contribution in [2.24, 2.45) is 0 Å². The standard InChI is InChI=1S/C9H11ClN2O/c10-7-1-2-8(12-5-7)9-6-13-4-3-11-9/h1-2,5,9,11H,3-4,6H2. The van der Waals surface area contributed by atoms with Gasteiger partial charge in [-0.1, -0.05) is 11.6 Å². The van der Waals surface area contributed by atoms with Gasteiger partial charge in [-0.15, -0.1) is 0 Å². The summed E-state index contributed by atoms with van der Waals surface area (Å²) in [5.41, 5.74) is 0.990. The molecule has 1 aromatic heterocycles. The maximum absolute atomic E-state index is 5.74. The largest absolute Gasteiger partial charge is 0.378 e. The Balaban J connectivity index is 2.10. The third kappa shape index (κ3) is 2.18. The highest BCUT2D eigenvalue weighted by Crippen LogP contribution is 2.15. The van der Waals surface area contributed by atoms with Crippen LogP contribution in [-0.4, -0.2) is 24.7 Å². The molecule has 1 aliphatic heterocycles. The van der Waals surface area contributed by atoms with Crippen molar-refractivity contribution in [3.63, 3.8) is 0 Å². The normalized spacial score (nSPS) is 23.0. The second-order valence-corrected chi connectivity index (χ2v) is 3.42. The zero-order chi connectivity index (χ0) is 9.10. The number of nitrogens with one attached hydrogen (secondary N) is 1. The summed E-state index contributed by atoms with van der Waals surface area (Å²) in [5.74, 6) is 0. The number of ether oxygens (including phenoxy) is 1. The molecule has 0 radical (unpaired) electrons. The molecule has 0 aromatic carbocycles. The van der Waals surface area contributed by atoms with Crippen LogP contribution in [0.25, 0.3) is 0 Å². The number of hydrogen-bond acceptors (Lipinski definition) is 3. The zero-order valence-electron chi connectivity index (χ0n) is 7.16. The third-order valence-corrected chi connectivity index (χ3v) is 2.25. The highest BCUT2D eigenvalue weighted by atomic mass is 35.5. The lowest BCUT2D eigenvalue weighted by Gasteiger charge is -2.23. The van der Waals surface area contributed by atoms with Gasteiger partial charge in [-0.3, -0.25) is 4.98 Å². The van der Waals surface area contributed by atoms with Gasteiger partial charge in [0.2, 0.25) is 0 Å². The van der Waals surface area contributed by atoms with Crippen molar-refractivity contribution in [2.45, 2.75) is 6.04 Å². The van der Waals surface area contributed by atoms with E-state index in [1.165, 1.54) is 0 Å². The molecule has 2 rings (SSSR count). The fraction of sp³-hybridized carbons (Fsp3) is 0.444. The first-order valence-electron chi connectivity index (χ1n) is 4.29. The lowest BCUT2D eigenvalue weighted by atomic mass is 10.2. The molecule has 1 atom stereocenters. The van der Waals surface area contributed by atoms with Crippen LogP contribution in [0.5, 0.6) is 0 Å². The Labute approximate surface area is 82.1 Å². The number of rotatable bonds is 1. The summed E-state index contributed by atoms with van der Waals surface area (Å²) in [6.07, 6.45) is 1.66. The minimum Gasteiger partial charge on any atom is -0.378 e. The topological polar surface area (TPSA) is 34.1 Å². The van der Waals surface area contributed by atoms with Crippen molar-refractivity contribution < 1.29 is 4.74 Å². The number of halogens is 1. The number of hydrogen-bond donors (Lipinski definition) is 1. The van der Waals surface area contributed by atoms with Gasteiger partial charge in [0.25, 0.3) is 0 Å². The van der Waals surface area contributed by atoms with Gasteiger partial charge in [-0.05, 0) is 12.1 Å². The van der Waals surface area contributed by atoms with Gasteiger partial charge in [0.05, 0.1) is 30.0 Å². The van der Waals surface area contributed by atoms with Crippen LogP contribution in [0.1, 0.15) is 11.7 Å². The van der Waals surface area contributed by atoms with Gasteiger partial charge in [-0.2, -0.15) is 0 Å². The second-order valence-electron chi connectivity index (χ2n) is 2.98. The summed E-state index contributed by atoms with van der Waals surface area (Å²) in [7, 11) is 0. The molecule has 1 fully saturated rings. The molecule has 0 saturated carbocycles. The van der Waals surface area contributed by atoms with Crippen molar-refractivity contribution in [3.05, 3.63) is 29.0 Å². The van der Waals surface area contributed by atoms with E-state index in [4.69, 9.17) is 16.3 Å². The number of pyridine rings is 1. The maximum Gasteiger partial charge on any atom is 0.0733 e. The smallest absolute Gasteiger partial charge is 0.0733 e. The predicted molar refractivity (Wildman–Crippen MR) is 50.8 cm³/mol. The minimum absolute atomic E-state index is 0.214. The van der Waals surface area contributed by atoms with E-state index < -0.39 is 0 Å². The summed E-state index contributed by atoms with van der Waals surface area (Å²) >= 11 is 5.74. The average Bonchev–Trinajstić information content (AvgIpc) is 2.20. The Morgan fingerprint density at radius 3 is 3.08 bits per heavy atom. The lowest BCUT2D eigenvalue weighted by molar-refractivity contribution is 0.0756. The van der Waals surface area contributed by atoms with Crippen LogP contribution < -0.4 is 5.32 Å². The van der Waals surface area contributed by atoms with Gasteiger partial charge < -0.3 is 10.1 Å². The first-order valence-corrected chi connectivity index (χ1v) is 4.66. The highest BCUT2D eigenvalue weighted by molar-refractivity contribution is 6.30. The molecular formula is C9H11ClN2O. The molecule has 4 heteroatoms. The summed E-state index contributed by atoms with van der Waals surface area (Å²) in [4.78, 5) is 4.23. The van der Waals surface area contributed by atoms with Crippen molar-refractivity contribution in [1.29, 1.82) is 0 Å². The fourth-order valence-electron chi connectivity index (χ4n) is 1.35. The van der Waals surface area contributed by atoms with Gasteiger partial charge in [0.15, 0.2) is 0 Å². The van der Waals surface area contributed by atoms with Crippen LogP contribution in [-0.2, 0) is 4.74 Å². The van der Waals surface area contributed by atoms with E-state index in [0.717, 1.165) is 18.8 Å². The van der Waals surface area contributed by atoms with E-state index in [1.807, 2.05) is 12.1 Å². The SMILES string of the molecule is Clc1ccc(C2COCCN2)nc1. The van der Waals surface area contributed by atoms with Crippen LogP contribution in [0, 0.1) is 0 Å². The molecule has 13 heavy (non-hydrogen) atoms. The molecule has 0 spiro atoms. The molecule has 1 saturated heterocycles. The second kappa shape index (κ2) is 4.05. The van der Waals surface area contributed by atoms with Gasteiger partial charge in [-0.25, -0.2) is 0 Å². The Hall–Kier alpha value is -0.640. The maximum atomic E-state index is 5.74. The number of aromatic nitrogens is 1. The number of morpholine rings is 1. The van der Waals surface area contributed by atoms with Crippen molar-refractivity contribution in [3.8, 4) is 0 Å². The summed E-state index contributed by atoms with van der Waals surface area (Å²) < 4.78 is 5.33. The molecule has 1 aromatic rings. The van der Waals surface area contributed by atoms with Gasteiger partial charge in [0, 0.05) is 12.7 Å². The summed E-state index contributed by atoms with van der Waals surface area (Å²) in [6, 6.07) is 3.99.